The fourth-order valence-corrected chi connectivity index (χ4v) is 2.06. The van der Waals surface area contributed by atoms with Crippen molar-refractivity contribution in [3.05, 3.63) is 23.5 Å². The van der Waals surface area contributed by atoms with E-state index in [2.05, 4.69) is 4.98 Å². The van der Waals surface area contributed by atoms with Crippen molar-refractivity contribution in [1.29, 1.82) is 0 Å². The van der Waals surface area contributed by atoms with Gasteiger partial charge in [-0.3, -0.25) is 9.78 Å². The van der Waals surface area contributed by atoms with Crippen LogP contribution in [0, 0.1) is 5.92 Å². The molecule has 0 bridgehead atoms. The quantitative estimate of drug-likeness (QED) is 0.749. The zero-order valence-electron chi connectivity index (χ0n) is 7.99. The van der Waals surface area contributed by atoms with E-state index in [0.29, 0.717) is 23.9 Å². The molecule has 1 aliphatic rings. The van der Waals surface area contributed by atoms with Crippen LogP contribution in [0.4, 0.5) is 5.69 Å². The summed E-state index contributed by atoms with van der Waals surface area (Å²) in [5.41, 5.74) is 0.750. The Labute approximate surface area is 98.0 Å². The zero-order chi connectivity index (χ0) is 10.8. The third kappa shape index (κ3) is 2.24. The number of carbonyl (C=O) groups is 1. The Bertz CT molecular complexity index is 383. The SMILES string of the molecule is O=C1CC(CCl)CN1c1cncc(Cl)c1. The second kappa shape index (κ2) is 4.37. The molecule has 80 valence electrons. The maximum Gasteiger partial charge on any atom is 0.227 e. The summed E-state index contributed by atoms with van der Waals surface area (Å²) in [7, 11) is 0. The van der Waals surface area contributed by atoms with Crippen molar-refractivity contribution in [2.45, 2.75) is 6.42 Å². The number of nitrogens with zero attached hydrogens (tertiary/aromatic N) is 2. The molecule has 1 fully saturated rings. The van der Waals surface area contributed by atoms with Crippen LogP contribution in [0.5, 0.6) is 0 Å². The number of hydrogen-bond acceptors (Lipinski definition) is 2. The summed E-state index contributed by atoms with van der Waals surface area (Å²) in [5.74, 6) is 0.832. The van der Waals surface area contributed by atoms with Gasteiger partial charge in [0, 0.05) is 25.0 Å². The number of aromatic nitrogens is 1. The zero-order valence-corrected chi connectivity index (χ0v) is 9.50. The number of alkyl halides is 1. The molecule has 0 radical (unpaired) electrons. The number of amides is 1. The van der Waals surface area contributed by atoms with Gasteiger partial charge in [-0.05, 0) is 12.0 Å². The lowest BCUT2D eigenvalue weighted by Crippen LogP contribution is -2.24. The third-order valence-corrected chi connectivity index (χ3v) is 3.07. The molecule has 2 rings (SSSR count). The highest BCUT2D eigenvalue weighted by Gasteiger charge is 2.30. The molecule has 1 unspecified atom stereocenters. The molecule has 0 aromatic carbocycles. The van der Waals surface area contributed by atoms with Crippen LogP contribution in [0.1, 0.15) is 6.42 Å². The van der Waals surface area contributed by atoms with Crippen molar-refractivity contribution in [3.63, 3.8) is 0 Å². The van der Waals surface area contributed by atoms with Crippen LogP contribution in [0.15, 0.2) is 18.5 Å². The number of pyridine rings is 1. The van der Waals surface area contributed by atoms with E-state index in [1.54, 1.807) is 23.4 Å². The molecule has 0 aliphatic carbocycles. The molecule has 1 aromatic heterocycles. The van der Waals surface area contributed by atoms with Gasteiger partial charge < -0.3 is 4.90 Å². The van der Waals surface area contributed by atoms with Crippen molar-refractivity contribution in [2.75, 3.05) is 17.3 Å². The van der Waals surface area contributed by atoms with Crippen LogP contribution < -0.4 is 4.90 Å². The molecule has 1 amide bonds. The van der Waals surface area contributed by atoms with Gasteiger partial charge in [-0.2, -0.15) is 0 Å². The second-order valence-corrected chi connectivity index (χ2v) is 4.34. The minimum atomic E-state index is 0.0877. The molecular formula is C10H10Cl2N2O. The number of carbonyl (C=O) groups excluding carboxylic acids is 1. The lowest BCUT2D eigenvalue weighted by Gasteiger charge is -2.15. The maximum absolute atomic E-state index is 11.7. The van der Waals surface area contributed by atoms with E-state index in [0.717, 1.165) is 5.69 Å². The highest BCUT2D eigenvalue weighted by Crippen LogP contribution is 2.26. The minimum Gasteiger partial charge on any atom is -0.311 e. The summed E-state index contributed by atoms with van der Waals surface area (Å²) in [5, 5.41) is 0.537. The summed E-state index contributed by atoms with van der Waals surface area (Å²) in [6.07, 6.45) is 3.70. The smallest absolute Gasteiger partial charge is 0.227 e. The third-order valence-electron chi connectivity index (χ3n) is 2.43. The summed E-state index contributed by atoms with van der Waals surface area (Å²) < 4.78 is 0. The van der Waals surface area contributed by atoms with Crippen LogP contribution in [-0.4, -0.2) is 23.3 Å². The number of hydrogen-bond donors (Lipinski definition) is 0. The van der Waals surface area contributed by atoms with Gasteiger partial charge >= 0.3 is 0 Å². The topological polar surface area (TPSA) is 33.2 Å². The largest absolute Gasteiger partial charge is 0.311 e. The van der Waals surface area contributed by atoms with Gasteiger partial charge in [-0.25, -0.2) is 0 Å². The molecule has 0 saturated carbocycles. The standard InChI is InChI=1S/C10H10Cl2N2O/c11-3-7-1-10(15)14(6-7)9-2-8(12)4-13-5-9/h2,4-5,7H,1,3,6H2. The average Bonchev–Trinajstić information content (AvgIpc) is 2.60. The van der Waals surface area contributed by atoms with Gasteiger partial charge in [0.1, 0.15) is 0 Å². The van der Waals surface area contributed by atoms with Crippen molar-refractivity contribution in [1.82, 2.24) is 4.98 Å². The van der Waals surface area contributed by atoms with Crippen LogP contribution in [0.2, 0.25) is 5.02 Å². The van der Waals surface area contributed by atoms with Crippen LogP contribution in [-0.2, 0) is 4.79 Å². The number of rotatable bonds is 2. The second-order valence-electron chi connectivity index (χ2n) is 3.59. The van der Waals surface area contributed by atoms with E-state index in [1.165, 1.54) is 0 Å². The first kappa shape index (κ1) is 10.7. The van der Waals surface area contributed by atoms with Crippen molar-refractivity contribution < 1.29 is 4.79 Å². The Morgan fingerprint density at radius 1 is 1.53 bits per heavy atom. The van der Waals surface area contributed by atoms with E-state index in [-0.39, 0.29) is 11.8 Å². The molecule has 1 aromatic rings. The average molecular weight is 245 g/mol. The van der Waals surface area contributed by atoms with Gasteiger partial charge in [-0.1, -0.05) is 11.6 Å². The Morgan fingerprint density at radius 2 is 2.33 bits per heavy atom. The normalized spacial score (nSPS) is 21.1. The lowest BCUT2D eigenvalue weighted by atomic mass is 10.1. The number of halogens is 2. The first-order valence-corrected chi connectivity index (χ1v) is 5.59. The van der Waals surface area contributed by atoms with Crippen LogP contribution in [0.3, 0.4) is 0 Å². The van der Waals surface area contributed by atoms with E-state index < -0.39 is 0 Å². The predicted octanol–water partition coefficient (Wildman–Crippen LogP) is 2.33. The summed E-state index contributed by atoms with van der Waals surface area (Å²) in [6, 6.07) is 1.74. The summed E-state index contributed by atoms with van der Waals surface area (Å²) >= 11 is 11.6. The van der Waals surface area contributed by atoms with E-state index in [9.17, 15) is 4.79 Å². The first-order chi connectivity index (χ1) is 7.20. The van der Waals surface area contributed by atoms with Gasteiger partial charge in [0.2, 0.25) is 5.91 Å². The first-order valence-electron chi connectivity index (χ1n) is 4.67. The maximum atomic E-state index is 11.7. The summed E-state index contributed by atoms with van der Waals surface area (Å²) in [6.45, 7) is 0.657. The molecule has 1 aliphatic heterocycles. The van der Waals surface area contributed by atoms with E-state index in [1.807, 2.05) is 0 Å². The van der Waals surface area contributed by atoms with Gasteiger partial charge in [0.05, 0.1) is 16.9 Å². The Balaban J connectivity index is 2.21. The fraction of sp³-hybridized carbons (Fsp3) is 0.400. The van der Waals surface area contributed by atoms with Gasteiger partial charge in [-0.15, -0.1) is 11.6 Å². The predicted molar refractivity (Wildman–Crippen MR) is 60.4 cm³/mol. The molecule has 2 heterocycles. The Morgan fingerprint density at radius 3 is 2.93 bits per heavy atom. The highest BCUT2D eigenvalue weighted by molar-refractivity contribution is 6.30. The molecule has 3 nitrogen and oxygen atoms in total. The van der Waals surface area contributed by atoms with Crippen molar-refractivity contribution in [2.24, 2.45) is 5.92 Å². The lowest BCUT2D eigenvalue weighted by molar-refractivity contribution is -0.117. The molecule has 0 spiro atoms. The van der Waals surface area contributed by atoms with E-state index in [4.69, 9.17) is 23.2 Å². The van der Waals surface area contributed by atoms with Crippen molar-refractivity contribution >= 4 is 34.8 Å². The Hall–Kier alpha value is -0.800. The monoisotopic (exact) mass is 244 g/mol. The van der Waals surface area contributed by atoms with Crippen molar-refractivity contribution in [3.8, 4) is 0 Å². The number of anilines is 1. The molecule has 0 N–H and O–H groups in total. The van der Waals surface area contributed by atoms with E-state index >= 15 is 0 Å². The Kier molecular flexibility index (Phi) is 3.12. The molecular weight excluding hydrogens is 235 g/mol. The fourth-order valence-electron chi connectivity index (χ4n) is 1.68. The molecule has 1 atom stereocenters. The van der Waals surface area contributed by atoms with Gasteiger partial charge in [0.15, 0.2) is 0 Å². The van der Waals surface area contributed by atoms with Crippen LogP contribution >= 0.6 is 23.2 Å². The molecule has 5 heteroatoms. The molecule has 15 heavy (non-hydrogen) atoms. The van der Waals surface area contributed by atoms with Crippen LogP contribution in [0.25, 0.3) is 0 Å². The van der Waals surface area contributed by atoms with Gasteiger partial charge in [0.25, 0.3) is 0 Å². The molecule has 1 saturated heterocycles. The minimum absolute atomic E-state index is 0.0877. The highest BCUT2D eigenvalue weighted by atomic mass is 35.5. The summed E-state index contributed by atoms with van der Waals surface area (Å²) in [4.78, 5) is 17.3.